The van der Waals surface area contributed by atoms with Crippen LogP contribution in [0.4, 0.5) is 0 Å². The molecule has 0 aromatic heterocycles. The lowest BCUT2D eigenvalue weighted by molar-refractivity contribution is 0.0916. The van der Waals surface area contributed by atoms with Crippen molar-refractivity contribution in [3.05, 3.63) is 0 Å². The minimum atomic E-state index is 0.302. The minimum Gasteiger partial charge on any atom is -0.396 e. The van der Waals surface area contributed by atoms with Crippen molar-refractivity contribution in [3.8, 4) is 0 Å². The van der Waals surface area contributed by atoms with E-state index < -0.39 is 0 Å². The van der Waals surface area contributed by atoms with E-state index in [0.29, 0.717) is 12.7 Å². The van der Waals surface area contributed by atoms with Crippen LogP contribution in [0.5, 0.6) is 0 Å². The van der Waals surface area contributed by atoms with Gasteiger partial charge in [0, 0.05) is 26.3 Å². The van der Waals surface area contributed by atoms with E-state index >= 15 is 0 Å². The van der Waals surface area contributed by atoms with Gasteiger partial charge in [0.05, 0.1) is 6.10 Å². The van der Waals surface area contributed by atoms with Gasteiger partial charge >= 0.3 is 0 Å². The van der Waals surface area contributed by atoms with Gasteiger partial charge in [-0.3, -0.25) is 0 Å². The molecule has 1 N–H and O–H groups in total. The molecule has 1 unspecified atom stereocenters. The fourth-order valence-electron chi connectivity index (χ4n) is 1.92. The Labute approximate surface area is 87.1 Å². The summed E-state index contributed by atoms with van der Waals surface area (Å²) in [5, 5.41) is 8.74. The Morgan fingerprint density at radius 2 is 2.29 bits per heavy atom. The zero-order chi connectivity index (χ0) is 10.2. The van der Waals surface area contributed by atoms with Crippen LogP contribution in [0.2, 0.25) is 0 Å². The van der Waals surface area contributed by atoms with E-state index in [1.807, 2.05) is 0 Å². The summed E-state index contributed by atoms with van der Waals surface area (Å²) in [6.07, 6.45) is 5.00. The number of hydrogen-bond donors (Lipinski definition) is 1. The third kappa shape index (κ3) is 4.40. The summed E-state index contributed by atoms with van der Waals surface area (Å²) in [5.41, 5.74) is 0. The lowest BCUT2D eigenvalue weighted by Gasteiger charge is -2.21. The summed E-state index contributed by atoms with van der Waals surface area (Å²) in [5.74, 6) is 0. The highest BCUT2D eigenvalue weighted by Crippen LogP contribution is 2.15. The van der Waals surface area contributed by atoms with Crippen molar-refractivity contribution in [1.29, 1.82) is 0 Å². The topological polar surface area (TPSA) is 32.7 Å². The molecule has 0 bridgehead atoms. The van der Waals surface area contributed by atoms with Crippen molar-refractivity contribution in [1.82, 2.24) is 4.90 Å². The third-order valence-corrected chi connectivity index (χ3v) is 2.87. The highest BCUT2D eigenvalue weighted by Gasteiger charge is 2.15. The Morgan fingerprint density at radius 1 is 1.43 bits per heavy atom. The summed E-state index contributed by atoms with van der Waals surface area (Å²) in [4.78, 5) is 2.39. The molecular weight excluding hydrogens is 178 g/mol. The Balaban J connectivity index is 2.06. The first-order chi connectivity index (χ1) is 6.86. The second-order valence-corrected chi connectivity index (χ2v) is 3.94. The van der Waals surface area contributed by atoms with Gasteiger partial charge < -0.3 is 14.7 Å². The first-order valence-corrected chi connectivity index (χ1v) is 5.81. The first-order valence-electron chi connectivity index (χ1n) is 5.81. The molecule has 0 saturated carbocycles. The summed E-state index contributed by atoms with van der Waals surface area (Å²) in [7, 11) is 0. The molecule has 0 aromatic rings. The van der Waals surface area contributed by atoms with E-state index in [-0.39, 0.29) is 0 Å². The summed E-state index contributed by atoms with van der Waals surface area (Å²) in [6.45, 7) is 6.63. The molecule has 14 heavy (non-hydrogen) atoms. The maximum absolute atomic E-state index is 8.74. The summed E-state index contributed by atoms with van der Waals surface area (Å²) < 4.78 is 5.58. The third-order valence-electron chi connectivity index (χ3n) is 2.87. The predicted octanol–water partition coefficient (Wildman–Crippen LogP) is 1.26. The van der Waals surface area contributed by atoms with Gasteiger partial charge in [-0.1, -0.05) is 6.92 Å². The summed E-state index contributed by atoms with van der Waals surface area (Å²) >= 11 is 0. The summed E-state index contributed by atoms with van der Waals surface area (Å²) in [6, 6.07) is 0. The Bertz CT molecular complexity index is 135. The maximum atomic E-state index is 8.74. The average molecular weight is 201 g/mol. The molecule has 0 spiro atoms. The average Bonchev–Trinajstić information content (AvgIpc) is 2.71. The van der Waals surface area contributed by atoms with E-state index in [9.17, 15) is 0 Å². The molecule has 1 aliphatic rings. The van der Waals surface area contributed by atoms with Crippen LogP contribution in [-0.4, -0.2) is 49.0 Å². The number of aliphatic hydroxyl groups excluding tert-OH is 1. The molecule has 0 aromatic carbocycles. The molecule has 0 amide bonds. The van der Waals surface area contributed by atoms with Crippen molar-refractivity contribution < 1.29 is 9.84 Å². The molecule has 0 aliphatic carbocycles. The fraction of sp³-hybridized carbons (Fsp3) is 1.00. The molecule has 1 saturated heterocycles. The van der Waals surface area contributed by atoms with Crippen LogP contribution < -0.4 is 0 Å². The Kier molecular flexibility index (Phi) is 6.15. The van der Waals surface area contributed by atoms with Crippen LogP contribution >= 0.6 is 0 Å². The largest absolute Gasteiger partial charge is 0.396 e. The molecule has 1 atom stereocenters. The Hall–Kier alpha value is -0.120. The van der Waals surface area contributed by atoms with Crippen molar-refractivity contribution in [2.24, 2.45) is 0 Å². The van der Waals surface area contributed by atoms with E-state index in [2.05, 4.69) is 11.8 Å². The standard InChI is InChI=1S/C11H23NO2/c1-2-12(7-4-9-13)8-6-11-5-3-10-14-11/h11,13H,2-10H2,1H3. The number of hydrogen-bond acceptors (Lipinski definition) is 3. The number of ether oxygens (including phenoxy) is 1. The van der Waals surface area contributed by atoms with Gasteiger partial charge in [0.25, 0.3) is 0 Å². The highest BCUT2D eigenvalue weighted by atomic mass is 16.5. The van der Waals surface area contributed by atoms with Gasteiger partial charge in [0.2, 0.25) is 0 Å². The van der Waals surface area contributed by atoms with Crippen LogP contribution in [0.15, 0.2) is 0 Å². The quantitative estimate of drug-likeness (QED) is 0.673. The van der Waals surface area contributed by atoms with E-state index in [1.54, 1.807) is 0 Å². The van der Waals surface area contributed by atoms with Gasteiger partial charge in [-0.2, -0.15) is 0 Å². The lowest BCUT2D eigenvalue weighted by atomic mass is 10.2. The van der Waals surface area contributed by atoms with Gasteiger partial charge in [0.1, 0.15) is 0 Å². The van der Waals surface area contributed by atoms with Crippen LogP contribution in [0.3, 0.4) is 0 Å². The zero-order valence-corrected chi connectivity index (χ0v) is 9.24. The van der Waals surface area contributed by atoms with E-state index in [1.165, 1.54) is 12.8 Å². The van der Waals surface area contributed by atoms with Crippen LogP contribution in [-0.2, 0) is 4.74 Å². The highest BCUT2D eigenvalue weighted by molar-refractivity contribution is 4.67. The molecular formula is C11H23NO2. The molecule has 3 nitrogen and oxygen atoms in total. The Morgan fingerprint density at radius 3 is 2.86 bits per heavy atom. The fourth-order valence-corrected chi connectivity index (χ4v) is 1.92. The van der Waals surface area contributed by atoms with Gasteiger partial charge in [0.15, 0.2) is 0 Å². The molecule has 1 rings (SSSR count). The molecule has 1 fully saturated rings. The van der Waals surface area contributed by atoms with Crippen molar-refractivity contribution in [3.63, 3.8) is 0 Å². The minimum absolute atomic E-state index is 0.302. The molecule has 3 heteroatoms. The van der Waals surface area contributed by atoms with Gasteiger partial charge in [-0.15, -0.1) is 0 Å². The number of aliphatic hydroxyl groups is 1. The first kappa shape index (κ1) is 12.0. The normalized spacial score (nSPS) is 22.1. The number of nitrogens with zero attached hydrogens (tertiary/aromatic N) is 1. The SMILES string of the molecule is CCN(CCCO)CCC1CCCO1. The van der Waals surface area contributed by atoms with Crippen LogP contribution in [0.1, 0.15) is 32.6 Å². The van der Waals surface area contributed by atoms with E-state index in [0.717, 1.165) is 39.1 Å². The van der Waals surface area contributed by atoms with Crippen molar-refractivity contribution in [2.45, 2.75) is 38.7 Å². The smallest absolute Gasteiger partial charge is 0.0588 e. The zero-order valence-electron chi connectivity index (χ0n) is 9.24. The van der Waals surface area contributed by atoms with E-state index in [4.69, 9.17) is 9.84 Å². The second kappa shape index (κ2) is 7.21. The van der Waals surface area contributed by atoms with Gasteiger partial charge in [-0.05, 0) is 32.2 Å². The van der Waals surface area contributed by atoms with Crippen molar-refractivity contribution >= 4 is 0 Å². The maximum Gasteiger partial charge on any atom is 0.0588 e. The van der Waals surface area contributed by atoms with Crippen LogP contribution in [0, 0.1) is 0 Å². The lowest BCUT2D eigenvalue weighted by Crippen LogP contribution is -2.28. The second-order valence-electron chi connectivity index (χ2n) is 3.94. The molecule has 0 radical (unpaired) electrons. The monoisotopic (exact) mass is 201 g/mol. The van der Waals surface area contributed by atoms with Crippen LogP contribution in [0.25, 0.3) is 0 Å². The van der Waals surface area contributed by atoms with Crippen molar-refractivity contribution in [2.75, 3.05) is 32.8 Å². The molecule has 84 valence electrons. The predicted molar refractivity (Wildman–Crippen MR) is 57.4 cm³/mol. The molecule has 1 aliphatic heterocycles. The van der Waals surface area contributed by atoms with Gasteiger partial charge in [-0.25, -0.2) is 0 Å². The number of rotatable bonds is 7. The molecule has 1 heterocycles.